The van der Waals surface area contributed by atoms with Crippen molar-refractivity contribution in [2.24, 2.45) is 0 Å². The van der Waals surface area contributed by atoms with Gasteiger partial charge in [0.05, 0.1) is 25.3 Å². The first-order valence-corrected chi connectivity index (χ1v) is 10.1. The van der Waals surface area contributed by atoms with Crippen LogP contribution in [0.25, 0.3) is 0 Å². The summed E-state index contributed by atoms with van der Waals surface area (Å²) in [5.41, 5.74) is 1.40. The highest BCUT2D eigenvalue weighted by Gasteiger charge is 2.14. The Morgan fingerprint density at radius 1 is 0.852 bits per heavy atom. The number of carbonyl (C=O) groups is 2. The Morgan fingerprint density at radius 2 is 1.33 bits per heavy atom. The Labute approximate surface area is 163 Å². The Bertz CT molecular complexity index is 551. The highest BCUT2D eigenvalue weighted by atomic mass is 16.5. The second-order valence-electron chi connectivity index (χ2n) is 7.09. The van der Waals surface area contributed by atoms with Gasteiger partial charge < -0.3 is 14.8 Å². The quantitative estimate of drug-likeness (QED) is 0.358. The minimum absolute atomic E-state index is 0.253. The van der Waals surface area contributed by atoms with Crippen molar-refractivity contribution in [1.29, 1.82) is 0 Å². The van der Waals surface area contributed by atoms with Gasteiger partial charge in [0.25, 0.3) is 0 Å². The first-order chi connectivity index (χ1) is 13.0. The van der Waals surface area contributed by atoms with Gasteiger partial charge in [-0.3, -0.25) is 0 Å². The van der Waals surface area contributed by atoms with E-state index < -0.39 is 11.9 Å². The third kappa shape index (κ3) is 8.94. The van der Waals surface area contributed by atoms with E-state index in [0.717, 1.165) is 12.1 Å². The molecule has 1 rings (SSSR count). The van der Waals surface area contributed by atoms with Crippen molar-refractivity contribution in [2.45, 2.75) is 77.7 Å². The van der Waals surface area contributed by atoms with E-state index >= 15 is 0 Å². The molecule has 5 heteroatoms. The van der Waals surface area contributed by atoms with E-state index in [2.05, 4.69) is 19.2 Å². The lowest BCUT2D eigenvalue weighted by molar-refractivity contribution is 0.0599. The predicted molar refractivity (Wildman–Crippen MR) is 109 cm³/mol. The van der Waals surface area contributed by atoms with Gasteiger partial charge in [0.2, 0.25) is 0 Å². The topological polar surface area (TPSA) is 64.6 Å². The summed E-state index contributed by atoms with van der Waals surface area (Å²) in [6.45, 7) is 4.35. The summed E-state index contributed by atoms with van der Waals surface area (Å²) in [7, 11) is 2.65. The average Bonchev–Trinajstić information content (AvgIpc) is 2.68. The molecule has 0 saturated heterocycles. The van der Waals surface area contributed by atoms with Crippen molar-refractivity contribution in [3.8, 4) is 0 Å². The number of rotatable bonds is 13. The molecule has 5 nitrogen and oxygen atoms in total. The third-order valence-corrected chi connectivity index (χ3v) is 4.68. The van der Waals surface area contributed by atoms with Crippen LogP contribution in [0.15, 0.2) is 18.2 Å². The number of esters is 2. The van der Waals surface area contributed by atoms with Crippen LogP contribution in [0.1, 0.15) is 92.4 Å². The van der Waals surface area contributed by atoms with Crippen molar-refractivity contribution in [1.82, 2.24) is 0 Å². The van der Waals surface area contributed by atoms with Crippen LogP contribution in [0.3, 0.4) is 0 Å². The Balaban J connectivity index is 2.51. The second-order valence-corrected chi connectivity index (χ2v) is 7.09. The molecule has 0 aliphatic carbocycles. The fourth-order valence-electron chi connectivity index (χ4n) is 3.12. The number of hydrogen-bond acceptors (Lipinski definition) is 5. The molecule has 0 radical (unpaired) electrons. The molecule has 1 unspecified atom stereocenters. The zero-order valence-electron chi connectivity index (χ0n) is 17.3. The molecule has 27 heavy (non-hydrogen) atoms. The van der Waals surface area contributed by atoms with Gasteiger partial charge in [0.15, 0.2) is 0 Å². The predicted octanol–water partition coefficient (Wildman–Crippen LogP) is 5.59. The van der Waals surface area contributed by atoms with Gasteiger partial charge >= 0.3 is 11.9 Å². The normalized spacial score (nSPS) is 11.7. The van der Waals surface area contributed by atoms with Crippen LogP contribution < -0.4 is 5.32 Å². The molecule has 1 aromatic carbocycles. The number of nitrogens with one attached hydrogen (secondary N) is 1. The lowest BCUT2D eigenvalue weighted by Gasteiger charge is -2.16. The molecular weight excluding hydrogens is 342 g/mol. The number of unbranched alkanes of at least 4 members (excludes halogenated alkanes) is 7. The Morgan fingerprint density at radius 3 is 1.81 bits per heavy atom. The van der Waals surface area contributed by atoms with Crippen LogP contribution >= 0.6 is 0 Å². The second kappa shape index (κ2) is 13.2. The molecule has 0 amide bonds. The number of ether oxygens (including phenoxy) is 2. The molecule has 1 aromatic rings. The van der Waals surface area contributed by atoms with Crippen LogP contribution in [0.4, 0.5) is 5.69 Å². The molecule has 0 aromatic heterocycles. The molecule has 0 heterocycles. The number of hydrogen-bond donors (Lipinski definition) is 1. The molecule has 0 aliphatic heterocycles. The standard InChI is InChI=1S/C22H35NO4/c1-5-6-7-8-9-10-11-12-13-17(2)23-20-15-18(21(24)26-3)14-19(16-20)22(25)27-4/h14-17,23H,5-13H2,1-4H3. The highest BCUT2D eigenvalue weighted by molar-refractivity contribution is 5.96. The molecular formula is C22H35NO4. The Kier molecular flexibility index (Phi) is 11.2. The van der Waals surface area contributed by atoms with Crippen LogP contribution in [-0.4, -0.2) is 32.2 Å². The summed E-state index contributed by atoms with van der Waals surface area (Å²) in [5, 5.41) is 3.38. The van der Waals surface area contributed by atoms with Crippen LogP contribution in [0, 0.1) is 0 Å². The lowest BCUT2D eigenvalue weighted by Crippen LogP contribution is -2.16. The molecule has 0 saturated carbocycles. The van der Waals surface area contributed by atoms with Crippen LogP contribution in [-0.2, 0) is 9.47 Å². The number of anilines is 1. The maximum absolute atomic E-state index is 11.9. The van der Waals surface area contributed by atoms with Crippen LogP contribution in [0.5, 0.6) is 0 Å². The first kappa shape index (κ1) is 23.0. The highest BCUT2D eigenvalue weighted by Crippen LogP contribution is 2.19. The summed E-state index contributed by atoms with van der Waals surface area (Å²) in [6, 6.07) is 5.17. The molecule has 0 aliphatic rings. The Hall–Kier alpha value is -2.04. The van der Waals surface area contributed by atoms with Gasteiger partial charge in [-0.05, 0) is 31.5 Å². The minimum atomic E-state index is -0.473. The summed E-state index contributed by atoms with van der Waals surface area (Å²) in [5.74, 6) is -0.945. The van der Waals surface area contributed by atoms with E-state index in [1.807, 2.05) is 0 Å². The minimum Gasteiger partial charge on any atom is -0.465 e. The SMILES string of the molecule is CCCCCCCCCCC(C)Nc1cc(C(=O)OC)cc(C(=O)OC)c1. The van der Waals surface area contributed by atoms with E-state index in [4.69, 9.17) is 9.47 Å². The van der Waals surface area contributed by atoms with Gasteiger partial charge in [0.1, 0.15) is 0 Å². The largest absolute Gasteiger partial charge is 0.465 e. The molecule has 1 atom stereocenters. The van der Waals surface area contributed by atoms with Gasteiger partial charge in [-0.15, -0.1) is 0 Å². The van der Waals surface area contributed by atoms with Gasteiger partial charge in [-0.25, -0.2) is 9.59 Å². The van der Waals surface area contributed by atoms with Crippen LogP contribution in [0.2, 0.25) is 0 Å². The van der Waals surface area contributed by atoms with E-state index in [1.165, 1.54) is 71.7 Å². The molecule has 0 fully saturated rings. The van der Waals surface area contributed by atoms with Gasteiger partial charge in [0, 0.05) is 11.7 Å². The van der Waals surface area contributed by atoms with Gasteiger partial charge in [-0.1, -0.05) is 58.3 Å². The number of benzene rings is 1. The maximum Gasteiger partial charge on any atom is 0.337 e. The zero-order valence-corrected chi connectivity index (χ0v) is 17.3. The summed E-state index contributed by atoms with van der Waals surface area (Å²) in [4.78, 5) is 23.7. The molecule has 1 N–H and O–H groups in total. The first-order valence-electron chi connectivity index (χ1n) is 10.1. The van der Waals surface area contributed by atoms with E-state index in [-0.39, 0.29) is 6.04 Å². The monoisotopic (exact) mass is 377 g/mol. The fourth-order valence-corrected chi connectivity index (χ4v) is 3.12. The summed E-state index contributed by atoms with van der Waals surface area (Å²) < 4.78 is 9.55. The lowest BCUT2D eigenvalue weighted by atomic mass is 10.0. The average molecular weight is 378 g/mol. The van der Waals surface area contributed by atoms with Gasteiger partial charge in [-0.2, -0.15) is 0 Å². The number of carbonyl (C=O) groups excluding carboxylic acids is 2. The van der Waals surface area contributed by atoms with Crippen molar-refractivity contribution < 1.29 is 19.1 Å². The third-order valence-electron chi connectivity index (χ3n) is 4.68. The van der Waals surface area contributed by atoms with Crippen molar-refractivity contribution in [2.75, 3.05) is 19.5 Å². The zero-order chi connectivity index (χ0) is 20.1. The fraction of sp³-hybridized carbons (Fsp3) is 0.636. The van der Waals surface area contributed by atoms with E-state index in [1.54, 1.807) is 12.1 Å². The molecule has 0 bridgehead atoms. The molecule has 0 spiro atoms. The summed E-state index contributed by atoms with van der Waals surface area (Å²) in [6.07, 6.45) is 11.4. The van der Waals surface area contributed by atoms with Crippen molar-refractivity contribution >= 4 is 17.6 Å². The number of methoxy groups -OCH3 is 2. The van der Waals surface area contributed by atoms with E-state index in [9.17, 15) is 9.59 Å². The van der Waals surface area contributed by atoms with Crippen molar-refractivity contribution in [3.05, 3.63) is 29.3 Å². The maximum atomic E-state index is 11.9. The molecule has 152 valence electrons. The smallest absolute Gasteiger partial charge is 0.337 e. The van der Waals surface area contributed by atoms with E-state index in [0.29, 0.717) is 11.1 Å². The van der Waals surface area contributed by atoms with Crippen molar-refractivity contribution in [3.63, 3.8) is 0 Å². The summed E-state index contributed by atoms with van der Waals surface area (Å²) >= 11 is 0.